The van der Waals surface area contributed by atoms with E-state index in [9.17, 15) is 8.78 Å². The van der Waals surface area contributed by atoms with E-state index in [4.69, 9.17) is 11.6 Å². The van der Waals surface area contributed by atoms with Crippen molar-refractivity contribution in [2.24, 2.45) is 0 Å². The Morgan fingerprint density at radius 3 is 2.28 bits per heavy atom. The van der Waals surface area contributed by atoms with E-state index in [1.54, 1.807) is 6.07 Å². The zero-order valence-electron chi connectivity index (χ0n) is 9.34. The van der Waals surface area contributed by atoms with E-state index in [-0.39, 0.29) is 5.38 Å². The number of alkyl halides is 1. The summed E-state index contributed by atoms with van der Waals surface area (Å²) in [5.41, 5.74) is 1.63. The predicted molar refractivity (Wildman–Crippen MR) is 72.8 cm³/mol. The summed E-state index contributed by atoms with van der Waals surface area (Å²) in [5, 5.41) is -0.261. The van der Waals surface area contributed by atoms with E-state index >= 15 is 0 Å². The molecule has 0 fully saturated rings. The van der Waals surface area contributed by atoms with Crippen LogP contribution in [0.3, 0.4) is 0 Å². The van der Waals surface area contributed by atoms with Crippen LogP contribution in [-0.2, 0) is 6.42 Å². The van der Waals surface area contributed by atoms with Gasteiger partial charge < -0.3 is 0 Å². The molecule has 0 amide bonds. The summed E-state index contributed by atoms with van der Waals surface area (Å²) < 4.78 is 26.8. The van der Waals surface area contributed by atoms with E-state index in [1.807, 2.05) is 24.3 Å². The average molecular weight is 332 g/mol. The molecule has 2 rings (SSSR count). The molecule has 0 nitrogen and oxygen atoms in total. The Hall–Kier alpha value is -0.930. The lowest BCUT2D eigenvalue weighted by atomic mass is 10.0. The van der Waals surface area contributed by atoms with E-state index in [0.29, 0.717) is 12.0 Å². The molecule has 18 heavy (non-hydrogen) atoms. The molecule has 4 heteroatoms. The molecule has 0 radical (unpaired) electrons. The maximum absolute atomic E-state index is 13.1. The third-order valence-electron chi connectivity index (χ3n) is 2.63. The van der Waals surface area contributed by atoms with Gasteiger partial charge in [-0.1, -0.05) is 34.1 Å². The Labute approximate surface area is 118 Å². The molecule has 1 atom stereocenters. The summed E-state index contributed by atoms with van der Waals surface area (Å²) >= 11 is 9.60. The molecular formula is C14H10BrClF2. The highest BCUT2D eigenvalue weighted by Crippen LogP contribution is 2.26. The van der Waals surface area contributed by atoms with Crippen LogP contribution < -0.4 is 0 Å². The van der Waals surface area contributed by atoms with Crippen LogP contribution in [0, 0.1) is 11.6 Å². The van der Waals surface area contributed by atoms with Crippen molar-refractivity contribution < 1.29 is 8.78 Å². The first kappa shape index (κ1) is 13.5. The Kier molecular flexibility index (Phi) is 4.36. The van der Waals surface area contributed by atoms with Crippen LogP contribution in [0.15, 0.2) is 46.9 Å². The van der Waals surface area contributed by atoms with Crippen molar-refractivity contribution in [1.82, 2.24) is 0 Å². The second-order valence-electron chi connectivity index (χ2n) is 3.97. The smallest absolute Gasteiger partial charge is 0.159 e. The average Bonchev–Trinajstić information content (AvgIpc) is 2.34. The third-order valence-corrected chi connectivity index (χ3v) is 3.57. The summed E-state index contributed by atoms with van der Waals surface area (Å²) in [6.45, 7) is 0. The topological polar surface area (TPSA) is 0 Å². The third kappa shape index (κ3) is 3.30. The van der Waals surface area contributed by atoms with Crippen LogP contribution in [0.2, 0.25) is 0 Å². The van der Waals surface area contributed by atoms with Crippen molar-refractivity contribution in [3.63, 3.8) is 0 Å². The number of hydrogen-bond acceptors (Lipinski definition) is 0. The second-order valence-corrected chi connectivity index (χ2v) is 5.41. The van der Waals surface area contributed by atoms with Crippen molar-refractivity contribution in [2.45, 2.75) is 11.8 Å². The molecule has 0 saturated carbocycles. The molecule has 0 heterocycles. The monoisotopic (exact) mass is 330 g/mol. The van der Waals surface area contributed by atoms with Gasteiger partial charge in [0.1, 0.15) is 0 Å². The fraction of sp³-hybridized carbons (Fsp3) is 0.143. The van der Waals surface area contributed by atoms with Gasteiger partial charge in [0.05, 0.1) is 5.38 Å². The van der Waals surface area contributed by atoms with Crippen LogP contribution in [-0.4, -0.2) is 0 Å². The quantitative estimate of drug-likeness (QED) is 0.674. The molecule has 0 aromatic heterocycles. The Bertz CT molecular complexity index is 540. The molecule has 0 spiro atoms. The van der Waals surface area contributed by atoms with E-state index in [1.165, 1.54) is 6.07 Å². The van der Waals surface area contributed by atoms with Gasteiger partial charge in [0.15, 0.2) is 11.6 Å². The lowest BCUT2D eigenvalue weighted by molar-refractivity contribution is 0.507. The highest BCUT2D eigenvalue weighted by Gasteiger charge is 2.10. The highest BCUT2D eigenvalue weighted by atomic mass is 79.9. The highest BCUT2D eigenvalue weighted by molar-refractivity contribution is 9.10. The standard InChI is InChI=1S/C14H10BrClF2/c15-11-4-2-10(3-5-11)12(16)7-9-1-6-13(17)14(18)8-9/h1-6,8,12H,7H2. The van der Waals surface area contributed by atoms with Crippen molar-refractivity contribution >= 4 is 27.5 Å². The van der Waals surface area contributed by atoms with E-state index in [2.05, 4.69) is 15.9 Å². The van der Waals surface area contributed by atoms with E-state index in [0.717, 1.165) is 16.1 Å². The van der Waals surface area contributed by atoms with Crippen molar-refractivity contribution in [3.05, 3.63) is 69.7 Å². The summed E-state index contributed by atoms with van der Waals surface area (Å²) in [6, 6.07) is 11.5. The maximum Gasteiger partial charge on any atom is 0.159 e. The van der Waals surface area contributed by atoms with Gasteiger partial charge in [-0.2, -0.15) is 0 Å². The molecule has 0 N–H and O–H groups in total. The molecular weight excluding hydrogens is 322 g/mol. The lowest BCUT2D eigenvalue weighted by Crippen LogP contribution is -1.97. The van der Waals surface area contributed by atoms with Crippen LogP contribution in [0.4, 0.5) is 8.78 Å². The van der Waals surface area contributed by atoms with Gasteiger partial charge in [0.25, 0.3) is 0 Å². The van der Waals surface area contributed by atoms with Gasteiger partial charge in [-0.25, -0.2) is 8.78 Å². The SMILES string of the molecule is Fc1ccc(CC(Cl)c2ccc(Br)cc2)cc1F. The van der Waals surface area contributed by atoms with Gasteiger partial charge in [-0.05, 0) is 41.8 Å². The van der Waals surface area contributed by atoms with Crippen LogP contribution in [0.5, 0.6) is 0 Å². The number of rotatable bonds is 3. The first-order valence-electron chi connectivity index (χ1n) is 5.40. The fourth-order valence-electron chi connectivity index (χ4n) is 1.66. The summed E-state index contributed by atoms with van der Waals surface area (Å²) in [7, 11) is 0. The normalized spacial score (nSPS) is 12.4. The molecule has 0 aliphatic heterocycles. The molecule has 0 aliphatic carbocycles. The van der Waals surface area contributed by atoms with E-state index < -0.39 is 11.6 Å². The van der Waals surface area contributed by atoms with Gasteiger partial charge in [0.2, 0.25) is 0 Å². The summed E-state index contributed by atoms with van der Waals surface area (Å²) in [6.07, 6.45) is 0.459. The summed E-state index contributed by atoms with van der Waals surface area (Å²) in [5.74, 6) is -1.68. The van der Waals surface area contributed by atoms with Crippen molar-refractivity contribution in [3.8, 4) is 0 Å². The van der Waals surface area contributed by atoms with Gasteiger partial charge in [-0.15, -0.1) is 11.6 Å². The van der Waals surface area contributed by atoms with Gasteiger partial charge >= 0.3 is 0 Å². The number of benzene rings is 2. The minimum Gasteiger partial charge on any atom is -0.204 e. The van der Waals surface area contributed by atoms with Crippen molar-refractivity contribution in [1.29, 1.82) is 0 Å². The zero-order valence-corrected chi connectivity index (χ0v) is 11.7. The number of halogens is 4. The first-order chi connectivity index (χ1) is 8.56. The van der Waals surface area contributed by atoms with Gasteiger partial charge in [-0.3, -0.25) is 0 Å². The molecule has 0 aliphatic rings. The lowest BCUT2D eigenvalue weighted by Gasteiger charge is -2.10. The fourth-order valence-corrected chi connectivity index (χ4v) is 2.25. The van der Waals surface area contributed by atoms with Gasteiger partial charge in [0, 0.05) is 4.47 Å². The zero-order chi connectivity index (χ0) is 13.1. The minimum absolute atomic E-state index is 0.261. The predicted octanol–water partition coefficient (Wildman–Crippen LogP) is 5.25. The van der Waals surface area contributed by atoms with Crippen LogP contribution in [0.1, 0.15) is 16.5 Å². The molecule has 0 bridgehead atoms. The molecule has 2 aromatic rings. The molecule has 0 saturated heterocycles. The van der Waals surface area contributed by atoms with Crippen molar-refractivity contribution in [2.75, 3.05) is 0 Å². The summed E-state index contributed by atoms with van der Waals surface area (Å²) in [4.78, 5) is 0. The molecule has 1 unspecified atom stereocenters. The Balaban J connectivity index is 2.13. The maximum atomic E-state index is 13.1. The Morgan fingerprint density at radius 2 is 1.67 bits per heavy atom. The largest absolute Gasteiger partial charge is 0.204 e. The minimum atomic E-state index is -0.841. The Morgan fingerprint density at radius 1 is 1.00 bits per heavy atom. The first-order valence-corrected chi connectivity index (χ1v) is 6.62. The number of hydrogen-bond donors (Lipinski definition) is 0. The van der Waals surface area contributed by atoms with Crippen LogP contribution >= 0.6 is 27.5 Å². The van der Waals surface area contributed by atoms with Crippen LogP contribution in [0.25, 0.3) is 0 Å². The molecule has 94 valence electrons. The molecule has 2 aromatic carbocycles. The second kappa shape index (κ2) is 5.81.